The molecule has 6 heteroatoms. The molecule has 1 aliphatic heterocycles. The van der Waals surface area contributed by atoms with Crippen LogP contribution in [0.1, 0.15) is 23.0 Å². The molecule has 5 nitrogen and oxygen atoms in total. The van der Waals surface area contributed by atoms with Crippen molar-refractivity contribution >= 4 is 23.2 Å². The lowest BCUT2D eigenvalue weighted by Crippen LogP contribution is -2.54. The zero-order valence-electron chi connectivity index (χ0n) is 13.7. The van der Waals surface area contributed by atoms with E-state index >= 15 is 0 Å². The number of hydrogen-bond donors (Lipinski definition) is 0. The number of halogens is 1. The Bertz CT molecular complexity index is 690. The van der Waals surface area contributed by atoms with Gasteiger partial charge in [-0.15, -0.1) is 0 Å². The smallest absolute Gasteiger partial charge is 0.273 e. The SMILES string of the molecule is Cc1ccc(N2CCN(C(=O)c3c(Cl)cnn3C)C[C@@H]2C)cc1. The fourth-order valence-electron chi connectivity index (χ4n) is 3.06. The minimum Gasteiger partial charge on any atom is -0.365 e. The summed E-state index contributed by atoms with van der Waals surface area (Å²) in [6.07, 6.45) is 1.51. The highest BCUT2D eigenvalue weighted by Crippen LogP contribution is 2.23. The number of hydrogen-bond acceptors (Lipinski definition) is 3. The summed E-state index contributed by atoms with van der Waals surface area (Å²) in [4.78, 5) is 16.9. The van der Waals surface area contributed by atoms with Crippen molar-refractivity contribution in [1.29, 1.82) is 0 Å². The first-order valence-electron chi connectivity index (χ1n) is 7.77. The Morgan fingerprint density at radius 2 is 1.96 bits per heavy atom. The van der Waals surface area contributed by atoms with Crippen LogP contribution in [0.15, 0.2) is 30.5 Å². The molecule has 2 heterocycles. The van der Waals surface area contributed by atoms with E-state index in [0.29, 0.717) is 23.8 Å². The van der Waals surface area contributed by atoms with Gasteiger partial charge in [0.15, 0.2) is 0 Å². The Labute approximate surface area is 141 Å². The number of amides is 1. The highest BCUT2D eigenvalue weighted by atomic mass is 35.5. The Kier molecular flexibility index (Phi) is 4.31. The van der Waals surface area contributed by atoms with Crippen molar-refractivity contribution < 1.29 is 4.79 Å². The van der Waals surface area contributed by atoms with Gasteiger partial charge in [-0.25, -0.2) is 0 Å². The second-order valence-corrected chi connectivity index (χ2v) is 6.50. The fourth-order valence-corrected chi connectivity index (χ4v) is 3.31. The number of nitrogens with zero attached hydrogens (tertiary/aromatic N) is 4. The molecular formula is C17H21ClN4O. The molecular weight excluding hydrogens is 312 g/mol. The third-order valence-corrected chi connectivity index (χ3v) is 4.65. The summed E-state index contributed by atoms with van der Waals surface area (Å²) in [5, 5.41) is 4.46. The van der Waals surface area contributed by atoms with Crippen molar-refractivity contribution in [3.8, 4) is 0 Å². The van der Waals surface area contributed by atoms with E-state index < -0.39 is 0 Å². The molecule has 1 aromatic heterocycles. The van der Waals surface area contributed by atoms with Crippen molar-refractivity contribution in [3.05, 3.63) is 46.7 Å². The maximum absolute atomic E-state index is 12.7. The summed E-state index contributed by atoms with van der Waals surface area (Å²) in [7, 11) is 1.74. The number of aryl methyl sites for hydroxylation is 2. The second kappa shape index (κ2) is 6.24. The van der Waals surface area contributed by atoms with Crippen LogP contribution in [0.2, 0.25) is 5.02 Å². The van der Waals surface area contributed by atoms with E-state index in [9.17, 15) is 4.79 Å². The van der Waals surface area contributed by atoms with Crippen LogP contribution >= 0.6 is 11.6 Å². The molecule has 1 fully saturated rings. The van der Waals surface area contributed by atoms with E-state index in [0.717, 1.165) is 6.54 Å². The van der Waals surface area contributed by atoms with E-state index in [4.69, 9.17) is 11.6 Å². The van der Waals surface area contributed by atoms with Crippen LogP contribution in [0.4, 0.5) is 5.69 Å². The van der Waals surface area contributed by atoms with E-state index in [2.05, 4.69) is 48.1 Å². The summed E-state index contributed by atoms with van der Waals surface area (Å²) >= 11 is 6.09. The Morgan fingerprint density at radius 3 is 2.52 bits per heavy atom. The predicted octanol–water partition coefficient (Wildman–Crippen LogP) is 2.73. The molecule has 0 radical (unpaired) electrons. The molecule has 1 aromatic carbocycles. The van der Waals surface area contributed by atoms with Crippen LogP contribution in [-0.4, -0.2) is 46.3 Å². The molecule has 1 atom stereocenters. The number of aromatic nitrogens is 2. The number of piperazine rings is 1. The fraction of sp³-hybridized carbons (Fsp3) is 0.412. The van der Waals surface area contributed by atoms with Gasteiger partial charge in [-0.05, 0) is 26.0 Å². The van der Waals surface area contributed by atoms with Crippen molar-refractivity contribution in [1.82, 2.24) is 14.7 Å². The van der Waals surface area contributed by atoms with Crippen molar-refractivity contribution in [2.45, 2.75) is 19.9 Å². The minimum atomic E-state index is -0.0505. The zero-order valence-corrected chi connectivity index (χ0v) is 14.4. The summed E-state index contributed by atoms with van der Waals surface area (Å²) < 4.78 is 1.54. The molecule has 1 amide bonds. The lowest BCUT2D eigenvalue weighted by molar-refractivity contribution is 0.0715. The van der Waals surface area contributed by atoms with Crippen LogP contribution in [-0.2, 0) is 7.05 Å². The predicted molar refractivity (Wildman–Crippen MR) is 92.1 cm³/mol. The van der Waals surface area contributed by atoms with Gasteiger partial charge in [0.05, 0.1) is 11.2 Å². The van der Waals surface area contributed by atoms with Gasteiger partial charge in [0.2, 0.25) is 0 Å². The van der Waals surface area contributed by atoms with Gasteiger partial charge in [0.25, 0.3) is 5.91 Å². The molecule has 2 aromatic rings. The molecule has 0 unspecified atom stereocenters. The molecule has 0 spiro atoms. The first-order valence-corrected chi connectivity index (χ1v) is 8.15. The standard InChI is InChI=1S/C17H21ClN4O/c1-12-4-6-14(7-5-12)22-9-8-21(11-13(22)2)17(23)16-15(18)10-19-20(16)3/h4-7,10,13H,8-9,11H2,1-3H3/t13-/m0/s1. The normalized spacial score (nSPS) is 18.3. The van der Waals surface area contributed by atoms with Crippen molar-refractivity contribution in [2.24, 2.45) is 7.05 Å². The molecule has 0 bridgehead atoms. The van der Waals surface area contributed by atoms with Crippen LogP contribution in [0, 0.1) is 6.92 Å². The molecule has 0 saturated carbocycles. The average Bonchev–Trinajstić information content (AvgIpc) is 2.86. The Morgan fingerprint density at radius 1 is 1.26 bits per heavy atom. The second-order valence-electron chi connectivity index (χ2n) is 6.09. The maximum Gasteiger partial charge on any atom is 0.273 e. The Balaban J connectivity index is 1.73. The lowest BCUT2D eigenvalue weighted by atomic mass is 10.1. The van der Waals surface area contributed by atoms with Crippen molar-refractivity contribution in [3.63, 3.8) is 0 Å². The highest BCUT2D eigenvalue weighted by Gasteiger charge is 2.29. The van der Waals surface area contributed by atoms with Gasteiger partial charge in [-0.1, -0.05) is 29.3 Å². The van der Waals surface area contributed by atoms with Crippen LogP contribution in [0.5, 0.6) is 0 Å². The molecule has 0 N–H and O–H groups in total. The molecule has 3 rings (SSSR count). The van der Waals surface area contributed by atoms with Gasteiger partial charge in [0, 0.05) is 38.4 Å². The van der Waals surface area contributed by atoms with E-state index in [1.807, 2.05) is 4.90 Å². The summed E-state index contributed by atoms with van der Waals surface area (Å²) in [5.74, 6) is -0.0505. The summed E-state index contributed by atoms with van der Waals surface area (Å²) in [6, 6.07) is 8.77. The number of carbonyl (C=O) groups excluding carboxylic acids is 1. The number of rotatable bonds is 2. The molecule has 122 valence electrons. The average molecular weight is 333 g/mol. The lowest BCUT2D eigenvalue weighted by Gasteiger charge is -2.41. The van der Waals surface area contributed by atoms with Gasteiger partial charge >= 0.3 is 0 Å². The van der Waals surface area contributed by atoms with E-state index in [-0.39, 0.29) is 11.9 Å². The van der Waals surface area contributed by atoms with Crippen molar-refractivity contribution in [2.75, 3.05) is 24.5 Å². The van der Waals surface area contributed by atoms with Gasteiger partial charge < -0.3 is 9.80 Å². The molecule has 23 heavy (non-hydrogen) atoms. The summed E-state index contributed by atoms with van der Waals surface area (Å²) in [5.41, 5.74) is 2.91. The third kappa shape index (κ3) is 3.06. The van der Waals surface area contributed by atoms with Crippen LogP contribution < -0.4 is 4.90 Å². The van der Waals surface area contributed by atoms with Gasteiger partial charge in [0.1, 0.15) is 5.69 Å². The maximum atomic E-state index is 12.7. The van der Waals surface area contributed by atoms with Gasteiger partial charge in [-0.3, -0.25) is 9.48 Å². The first-order chi connectivity index (χ1) is 11.0. The molecule has 1 saturated heterocycles. The number of anilines is 1. The third-order valence-electron chi connectivity index (χ3n) is 4.38. The zero-order chi connectivity index (χ0) is 16.6. The number of benzene rings is 1. The van der Waals surface area contributed by atoms with E-state index in [1.165, 1.54) is 17.4 Å². The first kappa shape index (κ1) is 15.9. The van der Waals surface area contributed by atoms with Crippen LogP contribution in [0.25, 0.3) is 0 Å². The highest BCUT2D eigenvalue weighted by molar-refractivity contribution is 6.33. The minimum absolute atomic E-state index is 0.0505. The topological polar surface area (TPSA) is 41.4 Å². The molecule has 0 aliphatic carbocycles. The van der Waals surface area contributed by atoms with Gasteiger partial charge in [-0.2, -0.15) is 5.10 Å². The largest absolute Gasteiger partial charge is 0.365 e. The quantitative estimate of drug-likeness (QED) is 0.849. The molecule has 1 aliphatic rings. The Hall–Kier alpha value is -2.01. The van der Waals surface area contributed by atoms with E-state index in [1.54, 1.807) is 11.7 Å². The number of carbonyl (C=O) groups is 1. The van der Waals surface area contributed by atoms with Crippen LogP contribution in [0.3, 0.4) is 0 Å². The summed E-state index contributed by atoms with van der Waals surface area (Å²) in [6.45, 7) is 6.39. The monoisotopic (exact) mass is 332 g/mol.